The van der Waals surface area contributed by atoms with Crippen LogP contribution in [0.15, 0.2) is 0 Å². The van der Waals surface area contributed by atoms with Crippen molar-refractivity contribution in [3.63, 3.8) is 0 Å². The highest BCUT2D eigenvalue weighted by Gasteiger charge is 2.11. The number of hydrogen-bond acceptors (Lipinski definition) is 3. The third-order valence-electron chi connectivity index (χ3n) is 2.22. The van der Waals surface area contributed by atoms with E-state index in [0.717, 1.165) is 6.42 Å². The lowest BCUT2D eigenvalue weighted by atomic mass is 10.2. The molecule has 6 heteroatoms. The topological polar surface area (TPSA) is 86.7 Å². The molecule has 6 nitrogen and oxygen atoms in total. The van der Waals surface area contributed by atoms with Crippen molar-refractivity contribution >= 4 is 17.8 Å². The van der Waals surface area contributed by atoms with Crippen molar-refractivity contribution in [1.29, 1.82) is 0 Å². The van der Waals surface area contributed by atoms with E-state index in [-0.39, 0.29) is 37.6 Å². The highest BCUT2D eigenvalue weighted by molar-refractivity contribution is 5.83. The molecule has 0 aromatic carbocycles. The highest BCUT2D eigenvalue weighted by atomic mass is 16.4. The number of carboxylic acids is 1. The number of amides is 2. The number of hydrogen-bond donors (Lipinski definition) is 2. The SMILES string of the molecule is CCCNC(=O)CCC(=O)N(C)CCC(=O)O. The Balaban J connectivity index is 3.77. The van der Waals surface area contributed by atoms with Gasteiger partial charge in [-0.2, -0.15) is 0 Å². The molecule has 0 atom stereocenters. The molecule has 17 heavy (non-hydrogen) atoms. The Labute approximate surface area is 101 Å². The molecule has 0 aliphatic carbocycles. The Morgan fingerprint density at radius 2 is 1.82 bits per heavy atom. The molecule has 0 fully saturated rings. The Morgan fingerprint density at radius 1 is 1.18 bits per heavy atom. The van der Waals surface area contributed by atoms with Gasteiger partial charge < -0.3 is 15.3 Å². The van der Waals surface area contributed by atoms with E-state index in [0.29, 0.717) is 6.54 Å². The van der Waals surface area contributed by atoms with Crippen molar-refractivity contribution in [3.8, 4) is 0 Å². The van der Waals surface area contributed by atoms with Crippen LogP contribution in [0.4, 0.5) is 0 Å². The number of nitrogens with zero attached hydrogens (tertiary/aromatic N) is 1. The van der Waals surface area contributed by atoms with Crippen LogP contribution in [0, 0.1) is 0 Å². The first kappa shape index (κ1) is 15.4. The molecule has 98 valence electrons. The zero-order valence-electron chi connectivity index (χ0n) is 10.4. The van der Waals surface area contributed by atoms with Crippen LogP contribution >= 0.6 is 0 Å². The van der Waals surface area contributed by atoms with Crippen molar-refractivity contribution in [2.24, 2.45) is 0 Å². The second-order valence-electron chi connectivity index (χ2n) is 3.81. The summed E-state index contributed by atoms with van der Waals surface area (Å²) in [7, 11) is 1.54. The first-order valence-electron chi connectivity index (χ1n) is 5.69. The van der Waals surface area contributed by atoms with Gasteiger partial charge in [0.1, 0.15) is 0 Å². The second kappa shape index (κ2) is 8.55. The fourth-order valence-electron chi connectivity index (χ4n) is 1.15. The zero-order chi connectivity index (χ0) is 13.3. The summed E-state index contributed by atoms with van der Waals surface area (Å²) in [6, 6.07) is 0. The van der Waals surface area contributed by atoms with Crippen molar-refractivity contribution in [2.75, 3.05) is 20.1 Å². The number of rotatable bonds is 8. The van der Waals surface area contributed by atoms with Crippen LogP contribution in [0.1, 0.15) is 32.6 Å². The maximum absolute atomic E-state index is 11.5. The van der Waals surface area contributed by atoms with Gasteiger partial charge in [0.15, 0.2) is 0 Å². The molecule has 2 N–H and O–H groups in total. The van der Waals surface area contributed by atoms with E-state index >= 15 is 0 Å². The summed E-state index contributed by atoms with van der Waals surface area (Å²) in [5.41, 5.74) is 0. The summed E-state index contributed by atoms with van der Waals surface area (Å²) in [5, 5.41) is 11.1. The van der Waals surface area contributed by atoms with Gasteiger partial charge in [0.2, 0.25) is 11.8 Å². The molecule has 0 rings (SSSR count). The summed E-state index contributed by atoms with van der Waals surface area (Å²) in [5.74, 6) is -1.30. The molecular formula is C11H20N2O4. The number of carboxylic acid groups (broad SMARTS) is 1. The largest absolute Gasteiger partial charge is 0.481 e. The Bertz CT molecular complexity index is 279. The molecule has 0 unspecified atom stereocenters. The molecule has 0 heterocycles. The minimum atomic E-state index is -0.940. The normalized spacial score (nSPS) is 9.76. The van der Waals surface area contributed by atoms with Crippen LogP contribution < -0.4 is 5.32 Å². The average molecular weight is 244 g/mol. The van der Waals surface area contributed by atoms with Gasteiger partial charge in [0.05, 0.1) is 6.42 Å². The van der Waals surface area contributed by atoms with Gasteiger partial charge in [-0.15, -0.1) is 0 Å². The van der Waals surface area contributed by atoms with E-state index in [1.54, 1.807) is 0 Å². The predicted octanol–water partition coefficient (Wildman–Crippen LogP) is 0.226. The van der Waals surface area contributed by atoms with E-state index in [4.69, 9.17) is 5.11 Å². The summed E-state index contributed by atoms with van der Waals surface area (Å²) in [4.78, 5) is 34.3. The van der Waals surface area contributed by atoms with Crippen molar-refractivity contribution < 1.29 is 19.5 Å². The van der Waals surface area contributed by atoms with Crippen molar-refractivity contribution in [2.45, 2.75) is 32.6 Å². The van der Waals surface area contributed by atoms with Gasteiger partial charge in [-0.3, -0.25) is 14.4 Å². The minimum Gasteiger partial charge on any atom is -0.481 e. The molecule has 0 aromatic heterocycles. The highest BCUT2D eigenvalue weighted by Crippen LogP contribution is 1.97. The minimum absolute atomic E-state index is 0.0791. The van der Waals surface area contributed by atoms with Crippen LogP contribution in [0.2, 0.25) is 0 Å². The number of carbonyl (C=O) groups excluding carboxylic acids is 2. The lowest BCUT2D eigenvalue weighted by Gasteiger charge is -2.15. The van der Waals surface area contributed by atoms with Crippen molar-refractivity contribution in [3.05, 3.63) is 0 Å². The summed E-state index contributed by atoms with van der Waals surface area (Å²) >= 11 is 0. The van der Waals surface area contributed by atoms with Gasteiger partial charge in [0, 0.05) is 33.0 Å². The molecule has 0 aliphatic heterocycles. The summed E-state index contributed by atoms with van der Waals surface area (Å²) in [6.07, 6.45) is 1.05. The van der Waals surface area contributed by atoms with Crippen LogP contribution in [0.25, 0.3) is 0 Å². The van der Waals surface area contributed by atoms with E-state index < -0.39 is 5.97 Å². The van der Waals surface area contributed by atoms with Crippen LogP contribution in [-0.4, -0.2) is 47.9 Å². The molecule has 0 bridgehead atoms. The zero-order valence-corrected chi connectivity index (χ0v) is 10.4. The number of carbonyl (C=O) groups is 3. The molecule has 0 radical (unpaired) electrons. The average Bonchev–Trinajstić information content (AvgIpc) is 2.29. The molecule has 0 saturated heterocycles. The Morgan fingerprint density at radius 3 is 2.35 bits per heavy atom. The van der Waals surface area contributed by atoms with Gasteiger partial charge >= 0.3 is 5.97 Å². The van der Waals surface area contributed by atoms with E-state index in [2.05, 4.69) is 5.32 Å². The summed E-state index contributed by atoms with van der Waals surface area (Å²) in [6.45, 7) is 2.73. The molecule has 0 saturated carbocycles. The van der Waals surface area contributed by atoms with Crippen LogP contribution in [-0.2, 0) is 14.4 Å². The molecule has 2 amide bonds. The quantitative estimate of drug-likeness (QED) is 0.639. The molecule has 0 spiro atoms. The first-order valence-corrected chi connectivity index (χ1v) is 5.69. The van der Waals surface area contributed by atoms with Gasteiger partial charge in [-0.25, -0.2) is 0 Å². The monoisotopic (exact) mass is 244 g/mol. The van der Waals surface area contributed by atoms with Crippen LogP contribution in [0.5, 0.6) is 0 Å². The second-order valence-corrected chi connectivity index (χ2v) is 3.81. The van der Waals surface area contributed by atoms with Gasteiger partial charge in [-0.05, 0) is 6.42 Å². The maximum atomic E-state index is 11.5. The Hall–Kier alpha value is -1.59. The molecular weight excluding hydrogens is 224 g/mol. The fourth-order valence-corrected chi connectivity index (χ4v) is 1.15. The Kier molecular flexibility index (Phi) is 7.75. The van der Waals surface area contributed by atoms with E-state index in [1.807, 2.05) is 6.92 Å². The number of nitrogens with one attached hydrogen (secondary N) is 1. The third-order valence-corrected chi connectivity index (χ3v) is 2.22. The standard InChI is InChI=1S/C11H20N2O4/c1-3-7-12-9(14)4-5-10(15)13(2)8-6-11(16)17/h3-8H2,1-2H3,(H,12,14)(H,16,17). The lowest BCUT2D eigenvalue weighted by molar-refractivity contribution is -0.138. The molecule has 0 aliphatic rings. The maximum Gasteiger partial charge on any atom is 0.305 e. The first-order chi connectivity index (χ1) is 7.97. The van der Waals surface area contributed by atoms with Crippen LogP contribution in [0.3, 0.4) is 0 Å². The van der Waals surface area contributed by atoms with E-state index in [9.17, 15) is 14.4 Å². The van der Waals surface area contributed by atoms with Gasteiger partial charge in [-0.1, -0.05) is 6.92 Å². The smallest absolute Gasteiger partial charge is 0.305 e. The summed E-state index contributed by atoms with van der Waals surface area (Å²) < 4.78 is 0. The number of aliphatic carboxylic acids is 1. The lowest BCUT2D eigenvalue weighted by Crippen LogP contribution is -2.31. The molecule has 0 aromatic rings. The predicted molar refractivity (Wildman–Crippen MR) is 62.4 cm³/mol. The van der Waals surface area contributed by atoms with Gasteiger partial charge in [0.25, 0.3) is 0 Å². The van der Waals surface area contributed by atoms with E-state index in [1.165, 1.54) is 11.9 Å². The fraction of sp³-hybridized carbons (Fsp3) is 0.727. The van der Waals surface area contributed by atoms with Crippen molar-refractivity contribution in [1.82, 2.24) is 10.2 Å². The third kappa shape index (κ3) is 8.24.